The van der Waals surface area contributed by atoms with E-state index in [1.165, 1.54) is 10.9 Å². The molecule has 0 saturated heterocycles. The third kappa shape index (κ3) is 3.85. The Bertz CT molecular complexity index is 2480. The lowest BCUT2D eigenvalue weighted by atomic mass is 9.94. The Kier molecular flexibility index (Phi) is 5.47. The van der Waals surface area contributed by atoms with Gasteiger partial charge in [-0.25, -0.2) is 4.98 Å². The van der Waals surface area contributed by atoms with Crippen molar-refractivity contribution in [2.45, 2.75) is 0 Å². The molecule has 44 heavy (non-hydrogen) atoms. The Morgan fingerprint density at radius 3 is 2.23 bits per heavy atom. The van der Waals surface area contributed by atoms with Crippen molar-refractivity contribution in [3.8, 4) is 39.3 Å². The number of furan rings is 1. The van der Waals surface area contributed by atoms with Crippen LogP contribution in [-0.4, -0.2) is 14.5 Å². The van der Waals surface area contributed by atoms with Crippen molar-refractivity contribution in [2.24, 2.45) is 0 Å². The number of aromatic nitrogens is 3. The van der Waals surface area contributed by atoms with Gasteiger partial charge in [0.25, 0.3) is 0 Å². The van der Waals surface area contributed by atoms with Gasteiger partial charge in [0, 0.05) is 39.8 Å². The zero-order valence-electron chi connectivity index (χ0n) is 23.7. The predicted molar refractivity (Wildman–Crippen MR) is 180 cm³/mol. The van der Waals surface area contributed by atoms with E-state index >= 15 is 0 Å². The number of para-hydroxylation sites is 3. The minimum atomic E-state index is 0.881. The molecule has 0 amide bonds. The topological polar surface area (TPSA) is 43.9 Å². The summed E-state index contributed by atoms with van der Waals surface area (Å²) in [5.41, 5.74) is 10.6. The Labute approximate surface area is 253 Å². The monoisotopic (exact) mass is 563 g/mol. The SMILES string of the molecule is c1ccc(-n2c(-c3ccc(-c4ccc5oc6cccc(-c7cccc8cnccc78)c6c5c4)cc3)nc3ccccc32)cc1. The van der Waals surface area contributed by atoms with Crippen LogP contribution in [0.1, 0.15) is 0 Å². The highest BCUT2D eigenvalue weighted by molar-refractivity contribution is 6.15. The highest BCUT2D eigenvalue weighted by Gasteiger charge is 2.17. The summed E-state index contributed by atoms with van der Waals surface area (Å²) in [5, 5.41) is 4.53. The Morgan fingerprint density at radius 1 is 0.545 bits per heavy atom. The van der Waals surface area contributed by atoms with Crippen LogP contribution >= 0.6 is 0 Å². The van der Waals surface area contributed by atoms with Crippen molar-refractivity contribution in [3.63, 3.8) is 0 Å². The molecule has 9 aromatic rings. The average Bonchev–Trinajstić information content (AvgIpc) is 3.67. The van der Waals surface area contributed by atoms with Gasteiger partial charge in [-0.3, -0.25) is 9.55 Å². The molecule has 0 aliphatic rings. The van der Waals surface area contributed by atoms with Gasteiger partial charge in [-0.1, -0.05) is 91.0 Å². The Balaban J connectivity index is 1.17. The van der Waals surface area contributed by atoms with Crippen molar-refractivity contribution in [3.05, 3.63) is 152 Å². The maximum absolute atomic E-state index is 6.36. The molecular weight excluding hydrogens is 538 g/mol. The fourth-order valence-corrected chi connectivity index (χ4v) is 6.46. The van der Waals surface area contributed by atoms with E-state index in [0.717, 1.165) is 72.1 Å². The van der Waals surface area contributed by atoms with Gasteiger partial charge in [0.15, 0.2) is 0 Å². The first-order valence-corrected chi connectivity index (χ1v) is 14.7. The molecule has 0 bridgehead atoms. The van der Waals surface area contributed by atoms with Gasteiger partial charge in [0.1, 0.15) is 17.0 Å². The van der Waals surface area contributed by atoms with Crippen LogP contribution in [0.3, 0.4) is 0 Å². The van der Waals surface area contributed by atoms with E-state index in [9.17, 15) is 0 Å². The quantitative estimate of drug-likeness (QED) is 0.214. The first-order chi connectivity index (χ1) is 21.8. The number of pyridine rings is 1. The molecular formula is C40H25N3O. The smallest absolute Gasteiger partial charge is 0.145 e. The summed E-state index contributed by atoms with van der Waals surface area (Å²) in [5.74, 6) is 0.926. The molecule has 206 valence electrons. The lowest BCUT2D eigenvalue weighted by Crippen LogP contribution is -1.97. The van der Waals surface area contributed by atoms with Crippen molar-refractivity contribution in [1.29, 1.82) is 0 Å². The summed E-state index contributed by atoms with van der Waals surface area (Å²) in [4.78, 5) is 9.36. The highest BCUT2D eigenvalue weighted by Crippen LogP contribution is 2.40. The number of rotatable bonds is 4. The normalized spacial score (nSPS) is 11.6. The van der Waals surface area contributed by atoms with E-state index in [1.54, 1.807) is 0 Å². The highest BCUT2D eigenvalue weighted by atomic mass is 16.3. The zero-order valence-corrected chi connectivity index (χ0v) is 23.7. The summed E-state index contributed by atoms with van der Waals surface area (Å²) < 4.78 is 8.59. The lowest BCUT2D eigenvalue weighted by Gasteiger charge is -2.10. The maximum Gasteiger partial charge on any atom is 0.145 e. The molecule has 3 heterocycles. The number of nitrogens with zero attached hydrogens (tertiary/aromatic N) is 3. The van der Waals surface area contributed by atoms with Crippen molar-refractivity contribution in [1.82, 2.24) is 14.5 Å². The predicted octanol–water partition coefficient (Wildman–Crippen LogP) is 10.5. The second kappa shape index (κ2) is 9.79. The number of imidazole rings is 1. The van der Waals surface area contributed by atoms with E-state index < -0.39 is 0 Å². The summed E-state index contributed by atoms with van der Waals surface area (Å²) in [7, 11) is 0. The van der Waals surface area contributed by atoms with Crippen LogP contribution in [0.5, 0.6) is 0 Å². The van der Waals surface area contributed by atoms with Crippen LogP contribution in [0.25, 0.3) is 83.1 Å². The Hall–Kier alpha value is -6.00. The van der Waals surface area contributed by atoms with Crippen molar-refractivity contribution < 1.29 is 4.42 Å². The maximum atomic E-state index is 6.36. The van der Waals surface area contributed by atoms with Crippen LogP contribution < -0.4 is 0 Å². The summed E-state index contributed by atoms with van der Waals surface area (Å²) in [6.45, 7) is 0. The summed E-state index contributed by atoms with van der Waals surface area (Å²) in [6.07, 6.45) is 3.78. The number of hydrogen-bond acceptors (Lipinski definition) is 3. The molecule has 0 atom stereocenters. The van der Waals surface area contributed by atoms with Crippen molar-refractivity contribution in [2.75, 3.05) is 0 Å². The first-order valence-electron chi connectivity index (χ1n) is 14.7. The van der Waals surface area contributed by atoms with E-state index in [-0.39, 0.29) is 0 Å². The molecule has 0 aliphatic heterocycles. The molecule has 0 unspecified atom stereocenters. The van der Waals surface area contributed by atoms with Crippen LogP contribution in [-0.2, 0) is 0 Å². The van der Waals surface area contributed by atoms with Gasteiger partial charge in [-0.05, 0) is 76.2 Å². The van der Waals surface area contributed by atoms with E-state index in [4.69, 9.17) is 9.40 Å². The van der Waals surface area contributed by atoms with Crippen LogP contribution in [0, 0.1) is 0 Å². The molecule has 0 aliphatic carbocycles. The second-order valence-corrected chi connectivity index (χ2v) is 11.1. The molecule has 0 fully saturated rings. The Morgan fingerprint density at radius 2 is 1.32 bits per heavy atom. The fourth-order valence-electron chi connectivity index (χ4n) is 6.46. The molecule has 9 rings (SSSR count). The fraction of sp³-hybridized carbons (Fsp3) is 0. The summed E-state index contributed by atoms with van der Waals surface area (Å²) >= 11 is 0. The minimum Gasteiger partial charge on any atom is -0.456 e. The molecule has 0 radical (unpaired) electrons. The molecule has 4 heteroatoms. The molecule has 0 saturated carbocycles. The minimum absolute atomic E-state index is 0.881. The van der Waals surface area contributed by atoms with Gasteiger partial charge >= 0.3 is 0 Å². The number of hydrogen-bond donors (Lipinski definition) is 0. The first kappa shape index (κ1) is 24.6. The summed E-state index contributed by atoms with van der Waals surface area (Å²) in [6, 6.07) is 48.7. The standard InChI is InChI=1S/C40H25N3O/c1-2-9-30(10-3-1)43-36-14-5-4-13-35(36)42-40(43)27-18-16-26(17-19-27)28-20-21-37-34(24-28)39-33(12-7-15-38(39)44-37)32-11-6-8-29-25-41-23-22-31(29)32/h1-25H. The molecule has 3 aromatic heterocycles. The average molecular weight is 564 g/mol. The van der Waals surface area contributed by atoms with Crippen LogP contribution in [0.4, 0.5) is 0 Å². The van der Waals surface area contributed by atoms with Gasteiger partial charge in [0.2, 0.25) is 0 Å². The van der Waals surface area contributed by atoms with Gasteiger partial charge < -0.3 is 4.42 Å². The molecule has 0 spiro atoms. The molecule has 6 aromatic carbocycles. The third-order valence-electron chi connectivity index (χ3n) is 8.52. The molecule has 0 N–H and O–H groups in total. The largest absolute Gasteiger partial charge is 0.456 e. The number of benzene rings is 6. The zero-order chi connectivity index (χ0) is 29.0. The van der Waals surface area contributed by atoms with Crippen LogP contribution in [0.15, 0.2) is 156 Å². The number of fused-ring (bicyclic) bond motifs is 5. The third-order valence-corrected chi connectivity index (χ3v) is 8.52. The molecule has 4 nitrogen and oxygen atoms in total. The van der Waals surface area contributed by atoms with E-state index in [2.05, 4.69) is 137 Å². The van der Waals surface area contributed by atoms with Gasteiger partial charge in [-0.15, -0.1) is 0 Å². The van der Waals surface area contributed by atoms with Gasteiger partial charge in [0.05, 0.1) is 11.0 Å². The van der Waals surface area contributed by atoms with Crippen LogP contribution in [0.2, 0.25) is 0 Å². The van der Waals surface area contributed by atoms with Crippen molar-refractivity contribution >= 4 is 43.7 Å². The van der Waals surface area contributed by atoms with E-state index in [1.807, 2.05) is 24.5 Å². The van der Waals surface area contributed by atoms with Gasteiger partial charge in [-0.2, -0.15) is 0 Å². The van der Waals surface area contributed by atoms with E-state index in [0.29, 0.717) is 0 Å². The lowest BCUT2D eigenvalue weighted by molar-refractivity contribution is 0.669. The second-order valence-electron chi connectivity index (χ2n) is 11.1.